The predicted octanol–water partition coefficient (Wildman–Crippen LogP) is 5.53. The van der Waals surface area contributed by atoms with Crippen LogP contribution in [0, 0.1) is 5.82 Å². The quantitative estimate of drug-likeness (QED) is 0.463. The van der Waals surface area contributed by atoms with Gasteiger partial charge in [0.25, 0.3) is 5.91 Å². The Kier molecular flexibility index (Phi) is 4.44. The molecule has 0 radical (unpaired) electrons. The Morgan fingerprint density at radius 1 is 1.15 bits per heavy atom. The first-order chi connectivity index (χ1) is 12.6. The molecule has 0 N–H and O–H groups in total. The molecule has 0 aliphatic rings. The summed E-state index contributed by atoms with van der Waals surface area (Å²) in [6.07, 6.45) is 1.53. The number of halogens is 2. The molecule has 0 unspecified atom stereocenters. The number of amides is 1. The average molecular weight is 387 g/mol. The molecule has 130 valence electrons. The van der Waals surface area contributed by atoms with Crippen LogP contribution < -0.4 is 4.90 Å². The van der Waals surface area contributed by atoms with Gasteiger partial charge in [-0.25, -0.2) is 9.37 Å². The highest BCUT2D eigenvalue weighted by atomic mass is 35.5. The number of furan rings is 1. The van der Waals surface area contributed by atoms with E-state index >= 15 is 0 Å². The van der Waals surface area contributed by atoms with Crippen LogP contribution >= 0.6 is 22.9 Å². The normalized spacial score (nSPS) is 11.0. The average Bonchev–Trinajstić information content (AvgIpc) is 3.29. The third-order valence-corrected chi connectivity index (χ3v) is 5.21. The molecular formula is C19H12ClFN2O2S. The number of benzene rings is 2. The fourth-order valence-electron chi connectivity index (χ4n) is 2.58. The van der Waals surface area contributed by atoms with Gasteiger partial charge in [0.15, 0.2) is 5.13 Å². The molecule has 0 aliphatic heterocycles. The Balaban J connectivity index is 1.80. The van der Waals surface area contributed by atoms with Crippen molar-refractivity contribution < 1.29 is 13.6 Å². The molecule has 1 amide bonds. The highest BCUT2D eigenvalue weighted by Crippen LogP contribution is 2.32. The number of fused-ring (bicyclic) bond motifs is 1. The number of para-hydroxylation sites is 1. The van der Waals surface area contributed by atoms with Crippen LogP contribution in [0.25, 0.3) is 10.2 Å². The fraction of sp³-hybridized carbons (Fsp3) is 0.0526. The molecule has 0 atom stereocenters. The van der Waals surface area contributed by atoms with Gasteiger partial charge in [-0.2, -0.15) is 0 Å². The van der Waals surface area contributed by atoms with Gasteiger partial charge in [0.05, 0.1) is 28.1 Å². The van der Waals surface area contributed by atoms with Crippen molar-refractivity contribution in [2.24, 2.45) is 0 Å². The molecule has 2 heterocycles. The first-order valence-corrected chi connectivity index (χ1v) is 8.97. The second kappa shape index (κ2) is 6.90. The number of carbonyl (C=O) groups excluding carboxylic acids is 1. The third kappa shape index (κ3) is 3.09. The Morgan fingerprint density at radius 2 is 2.00 bits per heavy atom. The standard InChI is InChI=1S/C19H12ClFN2O2S/c20-14-7-2-1-6-13(14)18(24)23(11-12-5-4-10-25-12)19-22-17-15(21)8-3-9-16(17)26-19/h1-10H,11H2. The van der Waals surface area contributed by atoms with Crippen LogP contribution in [-0.4, -0.2) is 10.9 Å². The molecule has 4 rings (SSSR count). The molecule has 0 saturated heterocycles. The molecule has 0 saturated carbocycles. The van der Waals surface area contributed by atoms with Crippen LogP contribution in [0.5, 0.6) is 0 Å². The minimum absolute atomic E-state index is 0.165. The number of rotatable bonds is 4. The fourth-order valence-corrected chi connectivity index (χ4v) is 3.78. The van der Waals surface area contributed by atoms with Gasteiger partial charge < -0.3 is 4.42 Å². The summed E-state index contributed by atoms with van der Waals surface area (Å²) >= 11 is 7.43. The van der Waals surface area contributed by atoms with E-state index in [9.17, 15) is 9.18 Å². The van der Waals surface area contributed by atoms with Gasteiger partial charge >= 0.3 is 0 Å². The smallest absolute Gasteiger partial charge is 0.262 e. The van der Waals surface area contributed by atoms with Gasteiger partial charge in [-0.1, -0.05) is 41.1 Å². The first-order valence-electron chi connectivity index (χ1n) is 7.77. The second-order valence-corrected chi connectivity index (χ2v) is 6.95. The van der Waals surface area contributed by atoms with Crippen molar-refractivity contribution >= 4 is 44.2 Å². The number of thiazole rings is 1. The minimum Gasteiger partial charge on any atom is -0.467 e. The molecular weight excluding hydrogens is 375 g/mol. The lowest BCUT2D eigenvalue weighted by atomic mass is 10.2. The molecule has 2 aromatic carbocycles. The van der Waals surface area contributed by atoms with E-state index < -0.39 is 5.82 Å². The van der Waals surface area contributed by atoms with Crippen molar-refractivity contribution in [3.63, 3.8) is 0 Å². The highest BCUT2D eigenvalue weighted by molar-refractivity contribution is 7.22. The number of hydrogen-bond donors (Lipinski definition) is 0. The van der Waals surface area contributed by atoms with E-state index in [-0.39, 0.29) is 18.0 Å². The van der Waals surface area contributed by atoms with Crippen molar-refractivity contribution in [2.45, 2.75) is 6.54 Å². The van der Waals surface area contributed by atoms with E-state index in [2.05, 4.69) is 4.98 Å². The van der Waals surface area contributed by atoms with Crippen LogP contribution in [0.1, 0.15) is 16.1 Å². The summed E-state index contributed by atoms with van der Waals surface area (Å²) in [6, 6.07) is 15.0. The summed E-state index contributed by atoms with van der Waals surface area (Å²) in [6.45, 7) is 0.165. The number of nitrogens with zero attached hydrogens (tertiary/aromatic N) is 2. The Bertz CT molecular complexity index is 1080. The zero-order chi connectivity index (χ0) is 18.1. The summed E-state index contributed by atoms with van der Waals surface area (Å²) < 4.78 is 20.1. The first kappa shape index (κ1) is 16.8. The Hall–Kier alpha value is -2.70. The summed E-state index contributed by atoms with van der Waals surface area (Å²) in [7, 11) is 0. The predicted molar refractivity (Wildman–Crippen MR) is 100 cm³/mol. The maximum Gasteiger partial charge on any atom is 0.262 e. The van der Waals surface area contributed by atoms with Crippen molar-refractivity contribution in [3.8, 4) is 0 Å². The molecule has 0 spiro atoms. The van der Waals surface area contributed by atoms with Gasteiger partial charge in [-0.3, -0.25) is 9.69 Å². The molecule has 0 aliphatic carbocycles. The maximum atomic E-state index is 14.0. The SMILES string of the molecule is O=C(c1ccccc1Cl)N(Cc1ccco1)c1nc2c(F)cccc2s1. The van der Waals surface area contributed by atoms with Crippen LogP contribution in [0.15, 0.2) is 65.3 Å². The zero-order valence-corrected chi connectivity index (χ0v) is 14.9. The van der Waals surface area contributed by atoms with Crippen molar-refractivity contribution in [2.75, 3.05) is 4.90 Å². The van der Waals surface area contributed by atoms with E-state index in [1.54, 1.807) is 48.5 Å². The lowest BCUT2D eigenvalue weighted by Gasteiger charge is -2.19. The summed E-state index contributed by atoms with van der Waals surface area (Å²) in [4.78, 5) is 18.9. The van der Waals surface area contributed by atoms with Gasteiger partial charge in [0.2, 0.25) is 0 Å². The number of aromatic nitrogens is 1. The van der Waals surface area contributed by atoms with Crippen LogP contribution in [0.4, 0.5) is 9.52 Å². The third-order valence-electron chi connectivity index (χ3n) is 3.83. The summed E-state index contributed by atoms with van der Waals surface area (Å²) in [5.41, 5.74) is 0.587. The van der Waals surface area contributed by atoms with E-state index in [0.29, 0.717) is 26.2 Å². The largest absolute Gasteiger partial charge is 0.467 e. The summed E-state index contributed by atoms with van der Waals surface area (Å²) in [5.74, 6) is -0.162. The zero-order valence-electron chi connectivity index (χ0n) is 13.4. The molecule has 0 fully saturated rings. The molecule has 7 heteroatoms. The second-order valence-electron chi connectivity index (χ2n) is 5.53. The van der Waals surface area contributed by atoms with Crippen LogP contribution in [-0.2, 0) is 6.54 Å². The lowest BCUT2D eigenvalue weighted by molar-refractivity contribution is 0.0983. The van der Waals surface area contributed by atoms with Crippen LogP contribution in [0.3, 0.4) is 0 Å². The van der Waals surface area contributed by atoms with Gasteiger partial charge in [-0.15, -0.1) is 0 Å². The maximum absolute atomic E-state index is 14.0. The number of carbonyl (C=O) groups is 1. The molecule has 4 nitrogen and oxygen atoms in total. The Morgan fingerprint density at radius 3 is 2.73 bits per heavy atom. The van der Waals surface area contributed by atoms with E-state index in [1.807, 2.05) is 0 Å². The van der Waals surface area contributed by atoms with Crippen molar-refractivity contribution in [1.82, 2.24) is 4.98 Å². The highest BCUT2D eigenvalue weighted by Gasteiger charge is 2.24. The van der Waals surface area contributed by atoms with E-state index in [1.165, 1.54) is 28.6 Å². The molecule has 4 aromatic rings. The molecule has 2 aromatic heterocycles. The van der Waals surface area contributed by atoms with Gasteiger partial charge in [0, 0.05) is 0 Å². The summed E-state index contributed by atoms with van der Waals surface area (Å²) in [5, 5.41) is 0.723. The van der Waals surface area contributed by atoms with Crippen LogP contribution in [0.2, 0.25) is 5.02 Å². The van der Waals surface area contributed by atoms with Crippen molar-refractivity contribution in [1.29, 1.82) is 0 Å². The molecule has 0 bridgehead atoms. The van der Waals surface area contributed by atoms with Crippen molar-refractivity contribution in [3.05, 3.63) is 83.0 Å². The van der Waals surface area contributed by atoms with E-state index in [0.717, 1.165) is 0 Å². The number of hydrogen-bond acceptors (Lipinski definition) is 4. The topological polar surface area (TPSA) is 46.3 Å². The van der Waals surface area contributed by atoms with Gasteiger partial charge in [0.1, 0.15) is 17.1 Å². The Labute approximate surface area is 157 Å². The molecule has 26 heavy (non-hydrogen) atoms. The lowest BCUT2D eigenvalue weighted by Crippen LogP contribution is -2.30. The van der Waals surface area contributed by atoms with E-state index in [4.69, 9.17) is 16.0 Å². The minimum atomic E-state index is -0.423. The monoisotopic (exact) mass is 386 g/mol. The van der Waals surface area contributed by atoms with Gasteiger partial charge in [-0.05, 0) is 36.4 Å². The number of anilines is 1.